The molecule has 2 aromatic heterocycles. The Kier molecular flexibility index (Phi) is 4.22. The van der Waals surface area contributed by atoms with E-state index in [-0.39, 0.29) is 5.92 Å². The van der Waals surface area contributed by atoms with Crippen molar-refractivity contribution in [1.29, 1.82) is 0 Å². The van der Waals surface area contributed by atoms with Crippen LogP contribution in [0.1, 0.15) is 29.8 Å². The molecule has 0 N–H and O–H groups in total. The van der Waals surface area contributed by atoms with E-state index in [2.05, 4.69) is 29.8 Å². The van der Waals surface area contributed by atoms with Crippen LogP contribution in [0.5, 0.6) is 0 Å². The summed E-state index contributed by atoms with van der Waals surface area (Å²) in [5, 5.41) is 1.21. The zero-order valence-electron chi connectivity index (χ0n) is 14.5. The Labute approximate surface area is 152 Å². The molecule has 1 aromatic carbocycles. The van der Waals surface area contributed by atoms with Gasteiger partial charge in [0.25, 0.3) is 10.0 Å². The number of hydrogen-bond donors (Lipinski definition) is 0. The van der Waals surface area contributed by atoms with Gasteiger partial charge in [-0.2, -0.15) is 4.31 Å². The summed E-state index contributed by atoms with van der Waals surface area (Å²) in [6, 6.07) is 14.2. The lowest BCUT2D eigenvalue weighted by Gasteiger charge is -2.16. The van der Waals surface area contributed by atoms with E-state index in [0.717, 1.165) is 17.7 Å². The predicted octanol–water partition coefficient (Wildman–Crippen LogP) is 3.98. The van der Waals surface area contributed by atoms with Gasteiger partial charge in [-0.15, -0.1) is 11.3 Å². The Hall–Kier alpha value is -1.63. The molecule has 3 aromatic rings. The maximum Gasteiger partial charge on any atom is 0.252 e. The largest absolute Gasteiger partial charge is 0.347 e. The Balaban J connectivity index is 1.61. The van der Waals surface area contributed by atoms with Crippen LogP contribution in [-0.2, 0) is 23.5 Å². The normalized spacial score (nSPS) is 19.0. The molecule has 1 aliphatic rings. The van der Waals surface area contributed by atoms with Crippen LogP contribution in [0, 0.1) is 0 Å². The summed E-state index contributed by atoms with van der Waals surface area (Å²) in [5.41, 5.74) is 2.42. The van der Waals surface area contributed by atoms with Gasteiger partial charge in [0, 0.05) is 42.1 Å². The quantitative estimate of drug-likeness (QED) is 0.693. The Bertz CT molecular complexity index is 1020. The highest BCUT2D eigenvalue weighted by Crippen LogP contribution is 2.35. The van der Waals surface area contributed by atoms with E-state index in [4.69, 9.17) is 0 Å². The number of hydrogen-bond acceptors (Lipinski definition) is 3. The zero-order chi connectivity index (χ0) is 17.6. The number of sulfonamides is 1. The maximum atomic E-state index is 12.9. The minimum Gasteiger partial charge on any atom is -0.347 e. The van der Waals surface area contributed by atoms with Crippen molar-refractivity contribution >= 4 is 32.3 Å². The van der Waals surface area contributed by atoms with Gasteiger partial charge in [0.2, 0.25) is 0 Å². The number of rotatable bonds is 4. The molecule has 1 saturated heterocycles. The van der Waals surface area contributed by atoms with Gasteiger partial charge in [-0.25, -0.2) is 8.42 Å². The van der Waals surface area contributed by atoms with Crippen LogP contribution >= 0.6 is 11.3 Å². The average molecular weight is 375 g/mol. The first kappa shape index (κ1) is 16.8. The third-order valence-corrected chi connectivity index (χ3v) is 8.70. The number of benzene rings is 1. The van der Waals surface area contributed by atoms with E-state index >= 15 is 0 Å². The van der Waals surface area contributed by atoms with Gasteiger partial charge in [-0.3, -0.25) is 0 Å². The second-order valence-electron chi connectivity index (χ2n) is 6.61. The SMILES string of the molecule is CCc1ccc(S(=O)(=O)N2CCC(c3cc4ccccc4n3C)C2)s1. The summed E-state index contributed by atoms with van der Waals surface area (Å²) in [6.45, 7) is 3.20. The summed E-state index contributed by atoms with van der Waals surface area (Å²) >= 11 is 1.40. The van der Waals surface area contributed by atoms with Crippen LogP contribution < -0.4 is 0 Å². The molecule has 25 heavy (non-hydrogen) atoms. The first-order chi connectivity index (χ1) is 12.0. The van der Waals surface area contributed by atoms with E-state index in [1.807, 2.05) is 25.1 Å². The number of fused-ring (bicyclic) bond motifs is 1. The summed E-state index contributed by atoms with van der Waals surface area (Å²) in [5.74, 6) is 0.248. The Morgan fingerprint density at radius 2 is 2.00 bits per heavy atom. The molecule has 6 heteroatoms. The van der Waals surface area contributed by atoms with Crippen molar-refractivity contribution in [1.82, 2.24) is 8.87 Å². The second-order valence-corrected chi connectivity index (χ2v) is 9.94. The molecule has 0 amide bonds. The predicted molar refractivity (Wildman–Crippen MR) is 103 cm³/mol. The third-order valence-electron chi connectivity index (χ3n) is 5.14. The molecule has 4 nitrogen and oxygen atoms in total. The average Bonchev–Trinajstić information content (AvgIpc) is 3.34. The Morgan fingerprint density at radius 1 is 1.20 bits per heavy atom. The molecule has 1 fully saturated rings. The van der Waals surface area contributed by atoms with Crippen molar-refractivity contribution < 1.29 is 8.42 Å². The number of aromatic nitrogens is 1. The van der Waals surface area contributed by atoms with E-state index < -0.39 is 10.0 Å². The van der Waals surface area contributed by atoms with Crippen molar-refractivity contribution in [2.45, 2.75) is 29.9 Å². The summed E-state index contributed by atoms with van der Waals surface area (Å²) in [7, 11) is -1.30. The fraction of sp³-hybridized carbons (Fsp3) is 0.368. The number of nitrogens with zero attached hydrogens (tertiary/aromatic N) is 2. The summed E-state index contributed by atoms with van der Waals surface area (Å²) in [6.07, 6.45) is 1.74. The van der Waals surface area contributed by atoms with Gasteiger partial charge in [-0.05, 0) is 42.5 Å². The number of thiophene rings is 1. The second kappa shape index (κ2) is 6.27. The molecule has 4 rings (SSSR count). The van der Waals surface area contributed by atoms with Crippen molar-refractivity contribution in [2.75, 3.05) is 13.1 Å². The highest BCUT2D eigenvalue weighted by atomic mass is 32.2. The first-order valence-electron chi connectivity index (χ1n) is 8.64. The highest BCUT2D eigenvalue weighted by molar-refractivity contribution is 7.91. The van der Waals surface area contributed by atoms with Gasteiger partial charge in [0.1, 0.15) is 4.21 Å². The topological polar surface area (TPSA) is 42.3 Å². The molecular formula is C19H22N2O2S2. The minimum atomic E-state index is -3.37. The summed E-state index contributed by atoms with van der Waals surface area (Å²) < 4.78 is 30.2. The molecule has 0 saturated carbocycles. The molecule has 1 unspecified atom stereocenters. The van der Waals surface area contributed by atoms with Crippen LogP contribution in [0.15, 0.2) is 46.7 Å². The lowest BCUT2D eigenvalue weighted by molar-refractivity contribution is 0.473. The lowest BCUT2D eigenvalue weighted by atomic mass is 10.1. The maximum absolute atomic E-state index is 12.9. The fourth-order valence-electron chi connectivity index (χ4n) is 3.70. The molecule has 0 radical (unpaired) electrons. The van der Waals surface area contributed by atoms with Crippen molar-refractivity contribution in [3.63, 3.8) is 0 Å². The molecular weight excluding hydrogens is 352 g/mol. The molecule has 0 bridgehead atoms. The van der Waals surface area contributed by atoms with Gasteiger partial charge in [0.15, 0.2) is 0 Å². The molecule has 0 aliphatic carbocycles. The van der Waals surface area contributed by atoms with Crippen LogP contribution in [0.25, 0.3) is 10.9 Å². The molecule has 0 spiro atoms. The van der Waals surface area contributed by atoms with Crippen molar-refractivity contribution in [3.05, 3.63) is 53.0 Å². The lowest BCUT2D eigenvalue weighted by Crippen LogP contribution is -2.28. The van der Waals surface area contributed by atoms with Crippen molar-refractivity contribution in [2.24, 2.45) is 7.05 Å². The summed E-state index contributed by atoms with van der Waals surface area (Å²) in [4.78, 5) is 1.11. The van der Waals surface area contributed by atoms with E-state index in [0.29, 0.717) is 17.3 Å². The minimum absolute atomic E-state index is 0.248. The fourth-order valence-corrected chi connectivity index (χ4v) is 6.65. The smallest absolute Gasteiger partial charge is 0.252 e. The zero-order valence-corrected chi connectivity index (χ0v) is 16.1. The number of aryl methyl sites for hydroxylation is 2. The molecule has 1 aliphatic heterocycles. The highest BCUT2D eigenvalue weighted by Gasteiger charge is 2.35. The van der Waals surface area contributed by atoms with Crippen molar-refractivity contribution in [3.8, 4) is 0 Å². The van der Waals surface area contributed by atoms with Crippen LogP contribution in [-0.4, -0.2) is 30.4 Å². The van der Waals surface area contributed by atoms with Crippen LogP contribution in [0.3, 0.4) is 0 Å². The molecule has 132 valence electrons. The van der Waals surface area contributed by atoms with Gasteiger partial charge < -0.3 is 4.57 Å². The third kappa shape index (κ3) is 2.82. The standard InChI is InChI=1S/C19H22N2O2S2/c1-3-16-8-9-19(24-16)25(22,23)21-11-10-15(13-21)18-12-14-6-4-5-7-17(14)20(18)2/h4-9,12,15H,3,10-11,13H2,1-2H3. The van der Waals surface area contributed by atoms with Gasteiger partial charge in [0.05, 0.1) is 0 Å². The Morgan fingerprint density at radius 3 is 2.72 bits per heavy atom. The van der Waals surface area contributed by atoms with E-state index in [1.54, 1.807) is 10.4 Å². The van der Waals surface area contributed by atoms with E-state index in [9.17, 15) is 8.42 Å². The van der Waals surface area contributed by atoms with Gasteiger partial charge in [-0.1, -0.05) is 25.1 Å². The first-order valence-corrected chi connectivity index (χ1v) is 10.9. The van der Waals surface area contributed by atoms with E-state index in [1.165, 1.54) is 27.9 Å². The van der Waals surface area contributed by atoms with Crippen LogP contribution in [0.2, 0.25) is 0 Å². The van der Waals surface area contributed by atoms with Crippen LogP contribution in [0.4, 0.5) is 0 Å². The molecule has 1 atom stereocenters. The van der Waals surface area contributed by atoms with Gasteiger partial charge >= 0.3 is 0 Å². The monoisotopic (exact) mass is 374 g/mol. The molecule has 3 heterocycles. The number of para-hydroxylation sites is 1.